The van der Waals surface area contributed by atoms with Crippen LogP contribution in [0, 0.1) is 0 Å². The first-order valence-electron chi connectivity index (χ1n) is 9.32. The van der Waals surface area contributed by atoms with Gasteiger partial charge in [-0.15, -0.1) is 0 Å². The second kappa shape index (κ2) is 7.90. The van der Waals surface area contributed by atoms with Gasteiger partial charge >= 0.3 is 0 Å². The zero-order valence-electron chi connectivity index (χ0n) is 15.2. The lowest BCUT2D eigenvalue weighted by molar-refractivity contribution is -0.139. The number of amides is 1. The largest absolute Gasteiger partial charge is 0.376 e. The van der Waals surface area contributed by atoms with E-state index in [0.29, 0.717) is 19.5 Å². The summed E-state index contributed by atoms with van der Waals surface area (Å²) in [7, 11) is -3.03. The van der Waals surface area contributed by atoms with Gasteiger partial charge in [0.15, 0.2) is 9.84 Å². The van der Waals surface area contributed by atoms with Gasteiger partial charge in [0, 0.05) is 32.3 Å². The topological polar surface area (TPSA) is 76.2 Å². The first kappa shape index (κ1) is 19.1. The molecule has 3 saturated heterocycles. The lowest BCUT2D eigenvalue weighted by Crippen LogP contribution is -2.53. The lowest BCUT2D eigenvalue weighted by atomic mass is 10.1. The minimum atomic E-state index is -3.03. The zero-order chi connectivity index (χ0) is 18.0. The Balaban J connectivity index is 1.65. The zero-order valence-corrected chi connectivity index (χ0v) is 16.0. The lowest BCUT2D eigenvalue weighted by Gasteiger charge is -2.37. The average Bonchev–Trinajstić information content (AvgIpc) is 3.12. The molecule has 3 fully saturated rings. The quantitative estimate of drug-likeness (QED) is 0.689. The Bertz CT molecular complexity index is 566. The van der Waals surface area contributed by atoms with Gasteiger partial charge < -0.3 is 14.4 Å². The Hall–Kier alpha value is -0.700. The summed E-state index contributed by atoms with van der Waals surface area (Å²) < 4.78 is 35.2. The van der Waals surface area contributed by atoms with Crippen LogP contribution in [-0.4, -0.2) is 92.8 Å². The fourth-order valence-electron chi connectivity index (χ4n) is 4.18. The molecule has 0 aromatic rings. The van der Waals surface area contributed by atoms with Crippen LogP contribution in [0.5, 0.6) is 0 Å². The van der Waals surface area contributed by atoms with Crippen LogP contribution in [0.4, 0.5) is 0 Å². The first-order chi connectivity index (χ1) is 11.8. The van der Waals surface area contributed by atoms with Gasteiger partial charge in [0.25, 0.3) is 0 Å². The van der Waals surface area contributed by atoms with Crippen molar-refractivity contribution in [3.63, 3.8) is 0 Å². The summed E-state index contributed by atoms with van der Waals surface area (Å²) >= 11 is 0. The van der Waals surface area contributed by atoms with Crippen molar-refractivity contribution in [2.24, 2.45) is 0 Å². The molecule has 3 aliphatic heterocycles. The van der Waals surface area contributed by atoms with Crippen LogP contribution in [0.1, 0.15) is 33.1 Å². The summed E-state index contributed by atoms with van der Waals surface area (Å²) in [5, 5.41) is 0. The molecule has 4 atom stereocenters. The summed E-state index contributed by atoms with van der Waals surface area (Å²) in [6.07, 6.45) is 2.74. The molecule has 4 unspecified atom stereocenters. The highest BCUT2D eigenvalue weighted by molar-refractivity contribution is 7.91. The van der Waals surface area contributed by atoms with Crippen molar-refractivity contribution in [1.29, 1.82) is 0 Å². The number of carbonyl (C=O) groups is 1. The van der Waals surface area contributed by atoms with E-state index in [9.17, 15) is 13.2 Å². The van der Waals surface area contributed by atoms with Crippen LogP contribution >= 0.6 is 0 Å². The number of hydrogen-bond donors (Lipinski definition) is 0. The van der Waals surface area contributed by atoms with Gasteiger partial charge in [0.1, 0.15) is 0 Å². The summed E-state index contributed by atoms with van der Waals surface area (Å²) in [4.78, 5) is 16.9. The number of nitrogens with zero attached hydrogens (tertiary/aromatic N) is 2. The summed E-state index contributed by atoms with van der Waals surface area (Å²) in [6.45, 7) is 7.05. The number of ether oxygens (including phenoxy) is 2. The monoisotopic (exact) mass is 374 g/mol. The van der Waals surface area contributed by atoms with Crippen molar-refractivity contribution in [2.75, 3.05) is 44.3 Å². The predicted molar refractivity (Wildman–Crippen MR) is 94.2 cm³/mol. The summed E-state index contributed by atoms with van der Waals surface area (Å²) in [5.41, 5.74) is 0. The van der Waals surface area contributed by atoms with Crippen LogP contribution in [0.2, 0.25) is 0 Å². The Labute approximate surface area is 150 Å². The van der Waals surface area contributed by atoms with E-state index in [1.807, 2.05) is 13.8 Å². The molecule has 0 saturated carbocycles. The molecule has 3 rings (SSSR count). The smallest absolute Gasteiger partial charge is 0.237 e. The van der Waals surface area contributed by atoms with Crippen LogP contribution in [0.25, 0.3) is 0 Å². The fourth-order valence-corrected chi connectivity index (χ4v) is 5.91. The number of morpholine rings is 1. The first-order valence-corrected chi connectivity index (χ1v) is 11.1. The second-order valence-corrected chi connectivity index (χ2v) is 9.92. The van der Waals surface area contributed by atoms with Gasteiger partial charge in [-0.2, -0.15) is 0 Å². The Kier molecular flexibility index (Phi) is 6.03. The molecular weight excluding hydrogens is 344 g/mol. The highest BCUT2D eigenvalue weighted by Crippen LogP contribution is 2.22. The Morgan fingerprint density at radius 3 is 2.48 bits per heavy atom. The van der Waals surface area contributed by atoms with E-state index >= 15 is 0 Å². The second-order valence-electron chi connectivity index (χ2n) is 7.69. The molecule has 0 aliphatic carbocycles. The van der Waals surface area contributed by atoms with Gasteiger partial charge in [-0.3, -0.25) is 9.69 Å². The molecule has 0 aromatic heterocycles. The van der Waals surface area contributed by atoms with E-state index in [2.05, 4.69) is 4.90 Å². The molecule has 0 aromatic carbocycles. The number of hydrogen-bond acceptors (Lipinski definition) is 6. The number of sulfone groups is 1. The molecule has 3 heterocycles. The minimum absolute atomic E-state index is 0.0129. The number of carbonyl (C=O) groups excluding carboxylic acids is 1. The summed E-state index contributed by atoms with van der Waals surface area (Å²) in [6, 6.07) is -0.211. The van der Waals surface area contributed by atoms with Crippen molar-refractivity contribution >= 4 is 15.7 Å². The van der Waals surface area contributed by atoms with Crippen molar-refractivity contribution in [3.05, 3.63) is 0 Å². The van der Waals surface area contributed by atoms with E-state index in [-0.39, 0.29) is 41.8 Å². The fraction of sp³-hybridized carbons (Fsp3) is 0.941. The van der Waals surface area contributed by atoms with Crippen molar-refractivity contribution in [1.82, 2.24) is 9.80 Å². The average molecular weight is 375 g/mol. The predicted octanol–water partition coefficient (Wildman–Crippen LogP) is 0.290. The molecule has 7 nitrogen and oxygen atoms in total. The van der Waals surface area contributed by atoms with Gasteiger partial charge in [-0.05, 0) is 33.1 Å². The van der Waals surface area contributed by atoms with E-state index < -0.39 is 9.84 Å². The van der Waals surface area contributed by atoms with Gasteiger partial charge in [-0.25, -0.2) is 8.42 Å². The third-order valence-corrected chi connectivity index (χ3v) is 7.00. The van der Waals surface area contributed by atoms with Crippen LogP contribution < -0.4 is 0 Å². The van der Waals surface area contributed by atoms with E-state index in [0.717, 1.165) is 32.5 Å². The standard InChI is InChI=1S/C17H30N2O5S/c1-13-8-18(9-14(2)24-13)11-17(20)19(10-16-4-3-6-23-16)15-5-7-25(21,22)12-15/h13-16H,3-12H2,1-2H3. The Morgan fingerprint density at radius 2 is 1.92 bits per heavy atom. The SMILES string of the molecule is CC1CN(CC(=O)N(CC2CCCO2)C2CCS(=O)(=O)C2)CC(C)O1. The van der Waals surface area contributed by atoms with Crippen LogP contribution in [-0.2, 0) is 24.1 Å². The molecule has 0 N–H and O–H groups in total. The van der Waals surface area contributed by atoms with Crippen molar-refractivity contribution < 1.29 is 22.7 Å². The normalized spacial score (nSPS) is 35.8. The molecule has 25 heavy (non-hydrogen) atoms. The molecule has 0 radical (unpaired) electrons. The van der Waals surface area contributed by atoms with Crippen LogP contribution in [0.15, 0.2) is 0 Å². The van der Waals surface area contributed by atoms with E-state index in [1.54, 1.807) is 4.90 Å². The van der Waals surface area contributed by atoms with Crippen molar-refractivity contribution in [3.8, 4) is 0 Å². The van der Waals surface area contributed by atoms with Gasteiger partial charge in [-0.1, -0.05) is 0 Å². The molecule has 0 bridgehead atoms. The maximum Gasteiger partial charge on any atom is 0.237 e. The third kappa shape index (κ3) is 5.15. The minimum Gasteiger partial charge on any atom is -0.376 e. The molecule has 3 aliphatic rings. The van der Waals surface area contributed by atoms with Gasteiger partial charge in [0.05, 0.1) is 36.4 Å². The van der Waals surface area contributed by atoms with Crippen LogP contribution in [0.3, 0.4) is 0 Å². The molecular formula is C17H30N2O5S. The Morgan fingerprint density at radius 1 is 1.20 bits per heavy atom. The van der Waals surface area contributed by atoms with E-state index in [4.69, 9.17) is 9.47 Å². The number of rotatable bonds is 5. The molecule has 1 amide bonds. The molecule has 8 heteroatoms. The maximum absolute atomic E-state index is 13.0. The highest BCUT2D eigenvalue weighted by Gasteiger charge is 2.37. The third-order valence-electron chi connectivity index (χ3n) is 5.25. The van der Waals surface area contributed by atoms with Gasteiger partial charge in [0.2, 0.25) is 5.91 Å². The summed E-state index contributed by atoms with van der Waals surface area (Å²) in [5.74, 6) is 0.277. The molecule has 144 valence electrons. The van der Waals surface area contributed by atoms with E-state index in [1.165, 1.54) is 0 Å². The maximum atomic E-state index is 13.0. The molecule has 0 spiro atoms. The van der Waals surface area contributed by atoms with Crippen molar-refractivity contribution in [2.45, 2.75) is 57.5 Å². The highest BCUT2D eigenvalue weighted by atomic mass is 32.2.